The molecule has 110 valence electrons. The van der Waals surface area contributed by atoms with Crippen molar-refractivity contribution in [1.29, 1.82) is 0 Å². The van der Waals surface area contributed by atoms with E-state index in [1.165, 1.54) is 7.11 Å². The number of ether oxygens (including phenoxy) is 1. The molecule has 1 aliphatic rings. The van der Waals surface area contributed by atoms with Gasteiger partial charge in [0.25, 0.3) is 0 Å². The third kappa shape index (κ3) is 2.32. The van der Waals surface area contributed by atoms with Crippen LogP contribution in [0, 0.1) is 5.41 Å². The van der Waals surface area contributed by atoms with E-state index in [-0.39, 0.29) is 6.61 Å². The van der Waals surface area contributed by atoms with Crippen LogP contribution in [-0.4, -0.2) is 44.7 Å². The van der Waals surface area contributed by atoms with E-state index in [1.54, 1.807) is 24.3 Å². The molecule has 0 aliphatic heterocycles. The third-order valence-corrected chi connectivity index (χ3v) is 5.60. The summed E-state index contributed by atoms with van der Waals surface area (Å²) in [5.74, 6) is -1.78. The average Bonchev–Trinajstić information content (AvgIpc) is 3.01. The van der Waals surface area contributed by atoms with Crippen molar-refractivity contribution in [3.8, 4) is 0 Å². The predicted octanol–water partition coefficient (Wildman–Crippen LogP) is 1.57. The molecule has 2 rings (SSSR count). The highest BCUT2D eigenvalue weighted by Gasteiger charge is 2.74. The fraction of sp³-hybridized carbons (Fsp3) is 0.462. The second-order valence-corrected chi connectivity index (χ2v) is 7.66. The van der Waals surface area contributed by atoms with E-state index in [2.05, 4.69) is 0 Å². The van der Waals surface area contributed by atoms with Gasteiger partial charge in [-0.1, -0.05) is 23.7 Å². The van der Waals surface area contributed by atoms with Gasteiger partial charge < -0.3 is 9.84 Å². The van der Waals surface area contributed by atoms with E-state index in [0.717, 1.165) is 6.26 Å². The fourth-order valence-corrected chi connectivity index (χ4v) is 4.92. The number of halogens is 1. The minimum atomic E-state index is -3.51. The quantitative estimate of drug-likeness (QED) is 0.891. The SMILES string of the molecule is COC[C@]1(C(=O)O)[C@H](c2ccc(Cl)cc2)[C@@H]1S(C)(=O)=O. The molecular formula is C13H15ClO5S. The summed E-state index contributed by atoms with van der Waals surface area (Å²) in [5, 5.41) is 9.02. The average molecular weight is 319 g/mol. The summed E-state index contributed by atoms with van der Waals surface area (Å²) in [6.45, 7) is -0.145. The Labute approximate surface area is 122 Å². The molecule has 1 fully saturated rings. The van der Waals surface area contributed by atoms with Crippen LogP contribution in [0.1, 0.15) is 11.5 Å². The van der Waals surface area contributed by atoms with Crippen molar-refractivity contribution in [2.24, 2.45) is 5.41 Å². The Balaban J connectivity index is 2.49. The molecule has 1 saturated carbocycles. The molecular weight excluding hydrogens is 304 g/mol. The number of aliphatic carboxylic acids is 1. The standard InChI is InChI=1S/C13H15ClO5S/c1-19-7-13(12(15)16)10(11(13)20(2,17)18)8-3-5-9(14)6-4-8/h3-6,10-11H,7H2,1-2H3,(H,15,16)/t10-,11+,13+/m1/s1. The summed E-state index contributed by atoms with van der Waals surface area (Å²) in [6.07, 6.45) is 1.06. The fourth-order valence-electron chi connectivity index (χ4n) is 2.90. The molecule has 0 spiro atoms. The third-order valence-electron chi connectivity index (χ3n) is 3.73. The molecule has 0 aromatic heterocycles. The molecule has 1 aliphatic carbocycles. The zero-order valence-corrected chi connectivity index (χ0v) is 12.6. The van der Waals surface area contributed by atoms with Crippen LogP contribution in [0.3, 0.4) is 0 Å². The Morgan fingerprint density at radius 2 is 1.95 bits per heavy atom. The minimum absolute atomic E-state index is 0.145. The zero-order chi connectivity index (χ0) is 15.1. The highest BCUT2D eigenvalue weighted by atomic mass is 35.5. The molecule has 1 aromatic rings. The molecule has 20 heavy (non-hydrogen) atoms. The van der Waals surface area contributed by atoms with Crippen LogP contribution in [0.2, 0.25) is 5.02 Å². The molecule has 0 unspecified atom stereocenters. The number of rotatable bonds is 5. The van der Waals surface area contributed by atoms with Gasteiger partial charge in [-0.15, -0.1) is 0 Å². The van der Waals surface area contributed by atoms with Gasteiger partial charge in [0.05, 0.1) is 11.9 Å². The lowest BCUT2D eigenvalue weighted by atomic mass is 10.0. The number of hydrogen-bond donors (Lipinski definition) is 1. The van der Waals surface area contributed by atoms with E-state index in [4.69, 9.17) is 16.3 Å². The van der Waals surface area contributed by atoms with Crippen molar-refractivity contribution in [2.45, 2.75) is 11.2 Å². The van der Waals surface area contributed by atoms with Gasteiger partial charge in [-0.3, -0.25) is 4.79 Å². The number of methoxy groups -OCH3 is 1. The van der Waals surface area contributed by atoms with Crippen molar-refractivity contribution >= 4 is 27.4 Å². The molecule has 1 N–H and O–H groups in total. The zero-order valence-electron chi connectivity index (χ0n) is 11.0. The second-order valence-electron chi connectivity index (χ2n) is 5.06. The largest absolute Gasteiger partial charge is 0.481 e. The molecule has 0 radical (unpaired) electrons. The van der Waals surface area contributed by atoms with Gasteiger partial charge in [-0.25, -0.2) is 8.42 Å². The van der Waals surface area contributed by atoms with E-state index < -0.39 is 32.4 Å². The Morgan fingerprint density at radius 3 is 2.35 bits per heavy atom. The lowest BCUT2D eigenvalue weighted by Gasteiger charge is -2.11. The van der Waals surface area contributed by atoms with Gasteiger partial charge in [-0.05, 0) is 17.7 Å². The van der Waals surface area contributed by atoms with Gasteiger partial charge in [0.2, 0.25) is 0 Å². The maximum atomic E-state index is 11.9. The minimum Gasteiger partial charge on any atom is -0.481 e. The lowest BCUT2D eigenvalue weighted by molar-refractivity contribution is -0.145. The highest BCUT2D eigenvalue weighted by molar-refractivity contribution is 7.91. The van der Waals surface area contributed by atoms with Gasteiger partial charge in [-0.2, -0.15) is 0 Å². The maximum Gasteiger partial charge on any atom is 0.314 e. The lowest BCUT2D eigenvalue weighted by Crippen LogP contribution is -2.28. The molecule has 5 nitrogen and oxygen atoms in total. The highest BCUT2D eigenvalue weighted by Crippen LogP contribution is 2.63. The predicted molar refractivity (Wildman–Crippen MR) is 74.8 cm³/mol. The Morgan fingerprint density at radius 1 is 1.40 bits per heavy atom. The van der Waals surface area contributed by atoms with Crippen LogP contribution < -0.4 is 0 Å². The van der Waals surface area contributed by atoms with Gasteiger partial charge in [0.1, 0.15) is 5.41 Å². The van der Waals surface area contributed by atoms with Crippen LogP contribution >= 0.6 is 11.6 Å². The van der Waals surface area contributed by atoms with Crippen LogP contribution in [-0.2, 0) is 19.4 Å². The summed E-state index contributed by atoms with van der Waals surface area (Å²) in [6, 6.07) is 6.55. The molecule has 1 aromatic carbocycles. The number of carboxylic acids is 1. The summed E-state index contributed by atoms with van der Waals surface area (Å²) >= 11 is 5.80. The van der Waals surface area contributed by atoms with Gasteiger partial charge in [0, 0.05) is 24.3 Å². The van der Waals surface area contributed by atoms with Crippen LogP contribution in [0.5, 0.6) is 0 Å². The summed E-state index contributed by atoms with van der Waals surface area (Å²) in [4.78, 5) is 11.6. The van der Waals surface area contributed by atoms with Crippen LogP contribution in [0.15, 0.2) is 24.3 Å². The first-order valence-corrected chi connectivity index (χ1v) is 8.25. The van der Waals surface area contributed by atoms with Crippen molar-refractivity contribution < 1.29 is 23.1 Å². The Hall–Kier alpha value is -1.11. The van der Waals surface area contributed by atoms with Gasteiger partial charge >= 0.3 is 5.97 Å². The maximum absolute atomic E-state index is 11.9. The van der Waals surface area contributed by atoms with Crippen molar-refractivity contribution in [3.05, 3.63) is 34.9 Å². The first-order valence-electron chi connectivity index (χ1n) is 5.92. The van der Waals surface area contributed by atoms with Crippen LogP contribution in [0.25, 0.3) is 0 Å². The molecule has 7 heteroatoms. The Bertz CT molecular complexity index is 625. The van der Waals surface area contributed by atoms with Crippen LogP contribution in [0.4, 0.5) is 0 Å². The number of carbonyl (C=O) groups is 1. The van der Waals surface area contributed by atoms with Crippen molar-refractivity contribution in [3.63, 3.8) is 0 Å². The summed E-state index contributed by atoms with van der Waals surface area (Å²) in [7, 11) is -2.14. The monoisotopic (exact) mass is 318 g/mol. The first-order chi connectivity index (χ1) is 9.25. The number of carboxylic acid groups (broad SMARTS) is 1. The van der Waals surface area contributed by atoms with E-state index in [9.17, 15) is 18.3 Å². The first kappa shape index (κ1) is 15.3. The number of benzene rings is 1. The normalized spacial score (nSPS) is 29.1. The number of sulfone groups is 1. The summed E-state index contributed by atoms with van der Waals surface area (Å²) in [5.41, 5.74) is -0.778. The second kappa shape index (κ2) is 5.02. The molecule has 0 bridgehead atoms. The summed E-state index contributed by atoms with van der Waals surface area (Å²) < 4.78 is 28.7. The van der Waals surface area contributed by atoms with Crippen molar-refractivity contribution in [2.75, 3.05) is 20.0 Å². The topological polar surface area (TPSA) is 80.7 Å². The molecule has 3 atom stereocenters. The molecule has 0 saturated heterocycles. The molecule has 0 heterocycles. The molecule has 0 amide bonds. The number of hydrogen-bond acceptors (Lipinski definition) is 4. The van der Waals surface area contributed by atoms with Gasteiger partial charge in [0.15, 0.2) is 9.84 Å². The van der Waals surface area contributed by atoms with Crippen molar-refractivity contribution in [1.82, 2.24) is 0 Å². The Kier molecular flexibility index (Phi) is 3.83. The smallest absolute Gasteiger partial charge is 0.314 e. The van der Waals surface area contributed by atoms with E-state index in [1.807, 2.05) is 0 Å². The van der Waals surface area contributed by atoms with E-state index in [0.29, 0.717) is 10.6 Å². The van der Waals surface area contributed by atoms with E-state index >= 15 is 0 Å².